The van der Waals surface area contributed by atoms with Crippen molar-refractivity contribution < 1.29 is 4.79 Å². The second kappa shape index (κ2) is 7.64. The first kappa shape index (κ1) is 17.9. The van der Waals surface area contributed by atoms with Gasteiger partial charge in [0.2, 0.25) is 5.91 Å². The predicted molar refractivity (Wildman–Crippen MR) is 106 cm³/mol. The van der Waals surface area contributed by atoms with Gasteiger partial charge in [-0.3, -0.25) is 9.69 Å². The first-order valence-corrected chi connectivity index (χ1v) is 9.67. The molecule has 1 amide bonds. The van der Waals surface area contributed by atoms with E-state index in [0.29, 0.717) is 19.0 Å². The van der Waals surface area contributed by atoms with E-state index in [1.165, 1.54) is 11.1 Å². The number of nitrogens with zero attached hydrogens (tertiary/aromatic N) is 5. The van der Waals surface area contributed by atoms with Crippen LogP contribution in [0.3, 0.4) is 0 Å². The van der Waals surface area contributed by atoms with Crippen LogP contribution in [0.1, 0.15) is 29.2 Å². The fourth-order valence-corrected chi connectivity index (χ4v) is 4.20. The Kier molecular flexibility index (Phi) is 5.07. The third-order valence-electron chi connectivity index (χ3n) is 5.66. The molecule has 27 heavy (non-hydrogen) atoms. The molecule has 0 N–H and O–H groups in total. The first-order chi connectivity index (χ1) is 13.1. The van der Waals surface area contributed by atoms with E-state index in [0.717, 1.165) is 44.0 Å². The van der Waals surface area contributed by atoms with Crippen LogP contribution in [-0.4, -0.2) is 65.9 Å². The fraction of sp³-hybridized carbons (Fsp3) is 0.476. The van der Waals surface area contributed by atoms with Crippen molar-refractivity contribution in [3.8, 4) is 0 Å². The third kappa shape index (κ3) is 3.81. The molecule has 3 heterocycles. The minimum atomic E-state index is 0.208. The molecule has 0 aliphatic carbocycles. The van der Waals surface area contributed by atoms with Crippen LogP contribution in [0.5, 0.6) is 0 Å². The van der Waals surface area contributed by atoms with E-state index < -0.39 is 0 Å². The van der Waals surface area contributed by atoms with Crippen molar-refractivity contribution in [2.24, 2.45) is 0 Å². The lowest BCUT2D eigenvalue weighted by atomic mass is 9.99. The van der Waals surface area contributed by atoms with Crippen LogP contribution in [-0.2, 0) is 17.8 Å². The molecule has 1 fully saturated rings. The summed E-state index contributed by atoms with van der Waals surface area (Å²) in [7, 11) is 3.99. The number of rotatable bonds is 4. The molecule has 0 bridgehead atoms. The minimum absolute atomic E-state index is 0.208. The summed E-state index contributed by atoms with van der Waals surface area (Å²) >= 11 is 0. The molecule has 6 nitrogen and oxygen atoms in total. The maximum atomic E-state index is 12.9. The van der Waals surface area contributed by atoms with Crippen molar-refractivity contribution in [2.75, 3.05) is 45.2 Å². The molecule has 1 saturated heterocycles. The Morgan fingerprint density at radius 1 is 1.19 bits per heavy atom. The molecule has 1 unspecified atom stereocenters. The van der Waals surface area contributed by atoms with Gasteiger partial charge in [-0.1, -0.05) is 30.3 Å². The van der Waals surface area contributed by atoms with Crippen LogP contribution in [0.25, 0.3) is 0 Å². The zero-order valence-electron chi connectivity index (χ0n) is 16.1. The standard InChI is InChI=1S/C21H27N5O/c1-24(2)21-18-9-11-26(13-19(18)22-15-23-21)20(27)14-25-10-8-17(12-25)16-6-4-3-5-7-16/h3-7,15,17H,8-14H2,1-2H3. The van der Waals surface area contributed by atoms with Gasteiger partial charge in [-0.25, -0.2) is 9.97 Å². The lowest BCUT2D eigenvalue weighted by molar-refractivity contribution is -0.133. The lowest BCUT2D eigenvalue weighted by Gasteiger charge is -2.31. The molecular weight excluding hydrogens is 338 g/mol. The van der Waals surface area contributed by atoms with Crippen LogP contribution in [0.4, 0.5) is 5.82 Å². The second-order valence-corrected chi connectivity index (χ2v) is 7.71. The highest BCUT2D eigenvalue weighted by molar-refractivity contribution is 5.78. The Morgan fingerprint density at radius 3 is 2.78 bits per heavy atom. The van der Waals surface area contributed by atoms with Crippen LogP contribution in [0.15, 0.2) is 36.7 Å². The average molecular weight is 365 g/mol. The molecule has 1 aromatic heterocycles. The maximum absolute atomic E-state index is 12.9. The van der Waals surface area contributed by atoms with Gasteiger partial charge in [-0.05, 0) is 30.9 Å². The molecule has 4 rings (SSSR count). The molecule has 2 aliphatic heterocycles. The van der Waals surface area contributed by atoms with E-state index in [1.54, 1.807) is 6.33 Å². The average Bonchev–Trinajstić information content (AvgIpc) is 3.16. The van der Waals surface area contributed by atoms with Crippen LogP contribution < -0.4 is 4.90 Å². The van der Waals surface area contributed by atoms with Crippen LogP contribution >= 0.6 is 0 Å². The summed E-state index contributed by atoms with van der Waals surface area (Å²) in [6.45, 7) is 3.80. The summed E-state index contributed by atoms with van der Waals surface area (Å²) < 4.78 is 0. The number of carbonyl (C=O) groups excluding carboxylic acids is 1. The van der Waals surface area contributed by atoms with Crippen molar-refractivity contribution >= 4 is 11.7 Å². The number of aromatic nitrogens is 2. The molecule has 6 heteroatoms. The van der Waals surface area contributed by atoms with Crippen molar-refractivity contribution in [1.82, 2.24) is 19.8 Å². The van der Waals surface area contributed by atoms with Gasteiger partial charge in [0.1, 0.15) is 12.1 Å². The summed E-state index contributed by atoms with van der Waals surface area (Å²) in [5.41, 5.74) is 3.54. The SMILES string of the molecule is CN(C)c1ncnc2c1CCN(C(=O)CN1CCC(c3ccccc3)C1)C2. The maximum Gasteiger partial charge on any atom is 0.237 e. The van der Waals surface area contributed by atoms with E-state index in [-0.39, 0.29) is 5.91 Å². The third-order valence-corrected chi connectivity index (χ3v) is 5.66. The van der Waals surface area contributed by atoms with Gasteiger partial charge in [-0.15, -0.1) is 0 Å². The van der Waals surface area contributed by atoms with E-state index in [9.17, 15) is 4.79 Å². The quantitative estimate of drug-likeness (QED) is 0.829. The predicted octanol–water partition coefficient (Wildman–Crippen LogP) is 1.92. The molecule has 0 saturated carbocycles. The molecule has 142 valence electrons. The number of carbonyl (C=O) groups is 1. The van der Waals surface area contributed by atoms with E-state index in [2.05, 4.69) is 45.2 Å². The molecular formula is C21H27N5O. The summed E-state index contributed by atoms with van der Waals surface area (Å²) in [5.74, 6) is 1.72. The highest BCUT2D eigenvalue weighted by Gasteiger charge is 2.29. The van der Waals surface area contributed by atoms with Gasteiger partial charge in [0, 0.05) is 32.7 Å². The van der Waals surface area contributed by atoms with E-state index >= 15 is 0 Å². The van der Waals surface area contributed by atoms with E-state index in [1.807, 2.05) is 23.9 Å². The zero-order chi connectivity index (χ0) is 18.8. The number of amides is 1. The molecule has 0 radical (unpaired) electrons. The molecule has 2 aromatic rings. The van der Waals surface area contributed by atoms with Crippen molar-refractivity contribution in [3.05, 3.63) is 53.5 Å². The molecule has 2 aliphatic rings. The van der Waals surface area contributed by atoms with Crippen LogP contribution in [0.2, 0.25) is 0 Å². The Morgan fingerprint density at radius 2 is 2.00 bits per heavy atom. The summed E-state index contributed by atoms with van der Waals surface area (Å²) in [5, 5.41) is 0. The molecule has 0 spiro atoms. The highest BCUT2D eigenvalue weighted by atomic mass is 16.2. The molecule has 1 atom stereocenters. The number of hydrogen-bond acceptors (Lipinski definition) is 5. The number of anilines is 1. The number of hydrogen-bond donors (Lipinski definition) is 0. The lowest BCUT2D eigenvalue weighted by Crippen LogP contribution is -2.42. The fourth-order valence-electron chi connectivity index (χ4n) is 4.20. The van der Waals surface area contributed by atoms with Crippen molar-refractivity contribution in [1.29, 1.82) is 0 Å². The van der Waals surface area contributed by atoms with Gasteiger partial charge in [0.25, 0.3) is 0 Å². The van der Waals surface area contributed by atoms with Crippen molar-refractivity contribution in [3.63, 3.8) is 0 Å². The largest absolute Gasteiger partial charge is 0.362 e. The Hall–Kier alpha value is -2.47. The normalized spacial score (nSPS) is 19.8. The Labute approximate surface area is 160 Å². The van der Waals surface area contributed by atoms with E-state index in [4.69, 9.17) is 0 Å². The minimum Gasteiger partial charge on any atom is -0.362 e. The van der Waals surface area contributed by atoms with Gasteiger partial charge < -0.3 is 9.80 Å². The Balaban J connectivity index is 1.37. The Bertz CT molecular complexity index is 807. The van der Waals surface area contributed by atoms with Gasteiger partial charge in [0.15, 0.2) is 0 Å². The molecule has 1 aromatic carbocycles. The number of benzene rings is 1. The highest BCUT2D eigenvalue weighted by Crippen LogP contribution is 2.28. The summed E-state index contributed by atoms with van der Waals surface area (Å²) in [6.07, 6.45) is 3.55. The number of fused-ring (bicyclic) bond motifs is 1. The monoisotopic (exact) mass is 365 g/mol. The topological polar surface area (TPSA) is 52.6 Å². The summed E-state index contributed by atoms with van der Waals surface area (Å²) in [6, 6.07) is 10.6. The van der Waals surface area contributed by atoms with Crippen LogP contribution in [0, 0.1) is 0 Å². The first-order valence-electron chi connectivity index (χ1n) is 9.67. The van der Waals surface area contributed by atoms with Gasteiger partial charge in [0.05, 0.1) is 18.8 Å². The smallest absolute Gasteiger partial charge is 0.237 e. The summed E-state index contributed by atoms with van der Waals surface area (Å²) in [4.78, 5) is 27.9. The second-order valence-electron chi connectivity index (χ2n) is 7.71. The van der Waals surface area contributed by atoms with Gasteiger partial charge >= 0.3 is 0 Å². The van der Waals surface area contributed by atoms with Crippen molar-refractivity contribution in [2.45, 2.75) is 25.3 Å². The zero-order valence-corrected chi connectivity index (χ0v) is 16.1. The number of likely N-dealkylation sites (tertiary alicyclic amines) is 1. The van der Waals surface area contributed by atoms with Gasteiger partial charge in [-0.2, -0.15) is 0 Å².